The van der Waals surface area contributed by atoms with Crippen molar-refractivity contribution in [3.05, 3.63) is 34.9 Å². The first-order valence-corrected chi connectivity index (χ1v) is 7.42. The quantitative estimate of drug-likeness (QED) is 0.782. The van der Waals surface area contributed by atoms with Crippen LogP contribution >= 0.6 is 11.6 Å². The van der Waals surface area contributed by atoms with E-state index < -0.39 is 0 Å². The number of nitrogens with one attached hydrogen (secondary N) is 1. The lowest BCUT2D eigenvalue weighted by atomic mass is 9.99. The van der Waals surface area contributed by atoms with E-state index in [0.717, 1.165) is 24.0 Å². The third kappa shape index (κ3) is 4.54. The fourth-order valence-electron chi connectivity index (χ4n) is 2.32. The normalized spacial score (nSPS) is 12.5. The summed E-state index contributed by atoms with van der Waals surface area (Å²) in [6, 6.07) is 5.86. The minimum absolute atomic E-state index is 0.00436. The van der Waals surface area contributed by atoms with Crippen LogP contribution in [-0.4, -0.2) is 17.8 Å². The summed E-state index contributed by atoms with van der Waals surface area (Å²) in [6.07, 6.45) is 2.09. The zero-order chi connectivity index (χ0) is 14.4. The van der Waals surface area contributed by atoms with Crippen molar-refractivity contribution in [1.29, 1.82) is 0 Å². The molecule has 1 N–H and O–H groups in total. The van der Waals surface area contributed by atoms with E-state index in [1.165, 1.54) is 5.56 Å². The number of halogens is 1. The summed E-state index contributed by atoms with van der Waals surface area (Å²) >= 11 is 6.33. The minimum Gasteiger partial charge on any atom is -0.351 e. The molecule has 2 nitrogen and oxygen atoms in total. The van der Waals surface area contributed by atoms with Crippen molar-refractivity contribution in [2.75, 3.05) is 6.54 Å². The van der Waals surface area contributed by atoms with E-state index in [-0.39, 0.29) is 11.3 Å². The van der Waals surface area contributed by atoms with Gasteiger partial charge in [0, 0.05) is 12.1 Å². The molecule has 0 spiro atoms. The molecule has 0 saturated carbocycles. The Bertz CT molecular complexity index is 427. The summed E-state index contributed by atoms with van der Waals surface area (Å²) < 4.78 is 0. The van der Waals surface area contributed by atoms with Crippen LogP contribution in [0.4, 0.5) is 0 Å². The summed E-state index contributed by atoms with van der Waals surface area (Å²) in [5.41, 5.74) is 2.91. The SMILES string of the molecule is CCC(CC)C(Cl)CNC(=O)c1ccc(C)cc1C. The Morgan fingerprint density at radius 3 is 2.42 bits per heavy atom. The summed E-state index contributed by atoms with van der Waals surface area (Å²) in [6.45, 7) is 8.78. The molecule has 0 radical (unpaired) electrons. The van der Waals surface area contributed by atoms with Crippen LogP contribution in [0.2, 0.25) is 0 Å². The molecule has 1 unspecified atom stereocenters. The van der Waals surface area contributed by atoms with Crippen molar-refractivity contribution in [3.8, 4) is 0 Å². The highest BCUT2D eigenvalue weighted by Gasteiger charge is 2.17. The second-order valence-electron chi connectivity index (χ2n) is 5.12. The van der Waals surface area contributed by atoms with Gasteiger partial charge in [-0.25, -0.2) is 0 Å². The molecule has 0 heterocycles. The van der Waals surface area contributed by atoms with E-state index in [4.69, 9.17) is 11.6 Å². The largest absolute Gasteiger partial charge is 0.351 e. The Kier molecular flexibility index (Phi) is 6.36. The first-order chi connectivity index (χ1) is 8.99. The van der Waals surface area contributed by atoms with E-state index in [1.807, 2.05) is 32.0 Å². The van der Waals surface area contributed by atoms with Crippen molar-refractivity contribution in [3.63, 3.8) is 0 Å². The maximum atomic E-state index is 12.1. The van der Waals surface area contributed by atoms with Crippen molar-refractivity contribution in [2.24, 2.45) is 5.92 Å². The van der Waals surface area contributed by atoms with Gasteiger partial charge in [0.05, 0.1) is 5.38 Å². The van der Waals surface area contributed by atoms with E-state index in [2.05, 4.69) is 19.2 Å². The third-order valence-corrected chi connectivity index (χ3v) is 4.16. The molecule has 0 aliphatic rings. The van der Waals surface area contributed by atoms with Gasteiger partial charge in [-0.15, -0.1) is 11.6 Å². The Morgan fingerprint density at radius 1 is 1.26 bits per heavy atom. The van der Waals surface area contributed by atoms with Gasteiger partial charge in [-0.05, 0) is 31.4 Å². The summed E-state index contributed by atoms with van der Waals surface area (Å²) in [4.78, 5) is 12.1. The molecule has 3 heteroatoms. The molecule has 0 aromatic heterocycles. The van der Waals surface area contributed by atoms with Gasteiger partial charge in [-0.3, -0.25) is 4.79 Å². The molecular weight excluding hydrogens is 258 g/mol. The van der Waals surface area contributed by atoms with Gasteiger partial charge in [0.2, 0.25) is 0 Å². The molecule has 1 rings (SSSR count). The molecule has 1 aromatic carbocycles. The Morgan fingerprint density at radius 2 is 1.89 bits per heavy atom. The molecule has 1 aromatic rings. The Labute approximate surface area is 121 Å². The highest BCUT2D eigenvalue weighted by Crippen LogP contribution is 2.18. The number of rotatable bonds is 6. The first-order valence-electron chi connectivity index (χ1n) is 6.99. The zero-order valence-electron chi connectivity index (χ0n) is 12.3. The number of alkyl halides is 1. The third-order valence-electron chi connectivity index (χ3n) is 3.64. The summed E-state index contributed by atoms with van der Waals surface area (Å²) in [5, 5.41) is 2.94. The second kappa shape index (κ2) is 7.54. The average molecular weight is 282 g/mol. The number of benzene rings is 1. The average Bonchev–Trinajstić information content (AvgIpc) is 2.37. The van der Waals surface area contributed by atoms with Crippen molar-refractivity contribution in [1.82, 2.24) is 5.32 Å². The fourth-order valence-corrected chi connectivity index (χ4v) is 2.75. The Hall–Kier alpha value is -1.02. The molecule has 0 saturated heterocycles. The lowest BCUT2D eigenvalue weighted by Crippen LogP contribution is -2.33. The maximum absolute atomic E-state index is 12.1. The van der Waals surface area contributed by atoms with E-state index in [0.29, 0.717) is 12.5 Å². The van der Waals surface area contributed by atoms with Crippen LogP contribution in [0.25, 0.3) is 0 Å². The van der Waals surface area contributed by atoms with Crippen LogP contribution in [0.15, 0.2) is 18.2 Å². The molecular formula is C16H24ClNO. The predicted octanol–water partition coefficient (Wildman–Crippen LogP) is 4.08. The van der Waals surface area contributed by atoms with Gasteiger partial charge in [-0.2, -0.15) is 0 Å². The van der Waals surface area contributed by atoms with Crippen molar-refractivity contribution >= 4 is 17.5 Å². The molecule has 0 aliphatic heterocycles. The number of carbonyl (C=O) groups excluding carboxylic acids is 1. The molecule has 1 atom stereocenters. The predicted molar refractivity (Wildman–Crippen MR) is 82.0 cm³/mol. The van der Waals surface area contributed by atoms with Crippen LogP contribution in [0.1, 0.15) is 48.2 Å². The van der Waals surface area contributed by atoms with Gasteiger partial charge >= 0.3 is 0 Å². The number of aryl methyl sites for hydroxylation is 2. The summed E-state index contributed by atoms with van der Waals surface area (Å²) in [7, 11) is 0. The lowest BCUT2D eigenvalue weighted by molar-refractivity contribution is 0.0951. The molecule has 106 valence electrons. The van der Waals surface area contributed by atoms with E-state index in [1.54, 1.807) is 0 Å². The van der Waals surface area contributed by atoms with Crippen LogP contribution in [0, 0.1) is 19.8 Å². The van der Waals surface area contributed by atoms with Gasteiger partial charge in [0.1, 0.15) is 0 Å². The lowest BCUT2D eigenvalue weighted by Gasteiger charge is -2.19. The maximum Gasteiger partial charge on any atom is 0.251 e. The van der Waals surface area contributed by atoms with Crippen molar-refractivity contribution in [2.45, 2.75) is 45.9 Å². The van der Waals surface area contributed by atoms with Gasteiger partial charge < -0.3 is 5.32 Å². The second-order valence-corrected chi connectivity index (χ2v) is 5.68. The molecule has 0 fully saturated rings. The summed E-state index contributed by atoms with van der Waals surface area (Å²) in [5.74, 6) is 0.426. The smallest absolute Gasteiger partial charge is 0.251 e. The zero-order valence-corrected chi connectivity index (χ0v) is 13.1. The number of hydrogen-bond donors (Lipinski definition) is 1. The van der Waals surface area contributed by atoms with E-state index >= 15 is 0 Å². The molecule has 0 bridgehead atoms. The monoisotopic (exact) mass is 281 g/mol. The number of hydrogen-bond acceptors (Lipinski definition) is 1. The standard InChI is InChI=1S/C16H24ClNO/c1-5-13(6-2)15(17)10-18-16(19)14-8-7-11(3)9-12(14)4/h7-9,13,15H,5-6,10H2,1-4H3,(H,18,19). The highest BCUT2D eigenvalue weighted by molar-refractivity contribution is 6.21. The van der Waals surface area contributed by atoms with Gasteiger partial charge in [-0.1, -0.05) is 44.4 Å². The first kappa shape index (κ1) is 16.0. The molecule has 0 aliphatic carbocycles. The van der Waals surface area contributed by atoms with E-state index in [9.17, 15) is 4.79 Å². The van der Waals surface area contributed by atoms with Crippen LogP contribution in [0.3, 0.4) is 0 Å². The van der Waals surface area contributed by atoms with Crippen LogP contribution in [0.5, 0.6) is 0 Å². The van der Waals surface area contributed by atoms with Gasteiger partial charge in [0.15, 0.2) is 0 Å². The van der Waals surface area contributed by atoms with Crippen molar-refractivity contribution < 1.29 is 4.79 Å². The molecule has 1 amide bonds. The topological polar surface area (TPSA) is 29.1 Å². The number of amides is 1. The minimum atomic E-state index is -0.0332. The number of carbonyl (C=O) groups is 1. The fraction of sp³-hybridized carbons (Fsp3) is 0.562. The van der Waals surface area contributed by atoms with Gasteiger partial charge in [0.25, 0.3) is 5.91 Å². The van der Waals surface area contributed by atoms with Crippen LogP contribution in [-0.2, 0) is 0 Å². The Balaban J connectivity index is 2.60. The molecule has 19 heavy (non-hydrogen) atoms. The highest BCUT2D eigenvalue weighted by atomic mass is 35.5. The van der Waals surface area contributed by atoms with Crippen LogP contribution < -0.4 is 5.32 Å².